The normalized spacial score (nSPS) is 19.0. The Balaban J connectivity index is 7.34. The fourth-order valence-electron chi connectivity index (χ4n) is 2.06. The van der Waals surface area contributed by atoms with Gasteiger partial charge in [0.1, 0.15) is 11.4 Å². The fourth-order valence-corrected chi connectivity index (χ4v) is 2.18. The zero-order valence-corrected chi connectivity index (χ0v) is 14.9. The van der Waals surface area contributed by atoms with Crippen LogP contribution in [0, 0.1) is 0 Å². The first kappa shape index (κ1) is 31.6. The molecular weight excluding hydrogens is 560 g/mol. The molecule has 0 radical (unpaired) electrons. The van der Waals surface area contributed by atoms with Crippen molar-refractivity contribution in [1.29, 1.82) is 0 Å². The van der Waals surface area contributed by atoms with Gasteiger partial charge in [-0.3, -0.25) is 0 Å². The number of allylic oxidation sites excluding steroid dienone is 1. The van der Waals surface area contributed by atoms with E-state index in [2.05, 4.69) is 11.6 Å². The summed E-state index contributed by atoms with van der Waals surface area (Å²) in [4.78, 5) is 0. The molecule has 0 saturated carbocycles. The third-order valence-corrected chi connectivity index (χ3v) is 4.23. The lowest BCUT2D eigenvalue weighted by Gasteiger charge is -2.46. The first-order valence-corrected chi connectivity index (χ1v) is 7.37. The maximum atomic E-state index is 14.0. The minimum atomic E-state index is -8.93. The monoisotopic (exact) mass is 562 g/mol. The van der Waals surface area contributed by atoms with Crippen molar-refractivity contribution in [1.82, 2.24) is 0 Å². The molecule has 21 heteroatoms. The van der Waals surface area contributed by atoms with E-state index in [1.807, 2.05) is 0 Å². The van der Waals surface area contributed by atoms with Crippen LogP contribution in [0.3, 0.4) is 0 Å². The van der Waals surface area contributed by atoms with Gasteiger partial charge in [0.2, 0.25) is 6.17 Å². The van der Waals surface area contributed by atoms with Crippen LogP contribution in [-0.2, 0) is 0 Å². The van der Waals surface area contributed by atoms with E-state index in [1.165, 1.54) is 0 Å². The van der Waals surface area contributed by atoms with E-state index in [4.69, 9.17) is 0 Å². The SMILES string of the molecule is FC=C(Cl)C(F)(F)C(F)(F)C(F)C(F)(F)C(F)(C(F)F)C(F)(F)C(F)(C(F)(F)F)C(F)(F)F. The maximum Gasteiger partial charge on any atom is 0.437 e. The third kappa shape index (κ3) is 4.06. The van der Waals surface area contributed by atoms with Gasteiger partial charge in [-0.2, -0.15) is 61.5 Å². The van der Waals surface area contributed by atoms with Gasteiger partial charge in [0.05, 0.1) is 0 Å². The van der Waals surface area contributed by atoms with Gasteiger partial charge < -0.3 is 0 Å². The molecule has 0 bridgehead atoms. The van der Waals surface area contributed by atoms with Crippen molar-refractivity contribution in [2.75, 3.05) is 0 Å². The van der Waals surface area contributed by atoms with E-state index < -0.39 is 71.3 Å². The molecule has 0 saturated heterocycles. The maximum absolute atomic E-state index is 14.0. The molecule has 0 amide bonds. The minimum Gasteiger partial charge on any atom is -0.234 e. The van der Waals surface area contributed by atoms with E-state index in [0.717, 1.165) is 0 Å². The zero-order valence-electron chi connectivity index (χ0n) is 14.2. The van der Waals surface area contributed by atoms with Gasteiger partial charge in [-0.15, -0.1) is 0 Å². The summed E-state index contributed by atoms with van der Waals surface area (Å²) >= 11 is 4.09. The number of hydrogen-bond donors (Lipinski definition) is 0. The van der Waals surface area contributed by atoms with E-state index in [9.17, 15) is 87.8 Å². The number of rotatable bonds is 8. The average molecular weight is 563 g/mol. The van der Waals surface area contributed by atoms with Crippen molar-refractivity contribution in [2.45, 2.75) is 60.0 Å². The highest BCUT2D eigenvalue weighted by atomic mass is 35.5. The standard InChI is InChI=1S/C12H3ClF20/c13-2(1-14)6(19,20)8(23,24)3(15)7(21,22)5(18,4(16)17)10(26,27)9(25,11(28,29)30)12(31,32)33/h1,3-4H. The molecule has 0 aliphatic heterocycles. The van der Waals surface area contributed by atoms with E-state index in [0.29, 0.717) is 0 Å². The van der Waals surface area contributed by atoms with E-state index in [1.54, 1.807) is 0 Å². The van der Waals surface area contributed by atoms with Gasteiger partial charge >= 0.3 is 47.4 Å². The number of halogens is 21. The molecule has 2 atom stereocenters. The largest absolute Gasteiger partial charge is 0.437 e. The van der Waals surface area contributed by atoms with Crippen LogP contribution in [0.5, 0.6) is 0 Å². The van der Waals surface area contributed by atoms with Crippen molar-refractivity contribution < 1.29 is 87.8 Å². The molecule has 0 aliphatic rings. The molecule has 0 aliphatic carbocycles. The summed E-state index contributed by atoms with van der Waals surface area (Å²) in [5.74, 6) is -31.7. The minimum absolute atomic E-state index is 1.80. The molecule has 0 aromatic rings. The second kappa shape index (κ2) is 8.39. The summed E-state index contributed by atoms with van der Waals surface area (Å²) in [5, 5.41) is -3.29. The van der Waals surface area contributed by atoms with Gasteiger partial charge in [0, 0.05) is 0 Å². The Morgan fingerprint density at radius 3 is 1.18 bits per heavy atom. The summed E-state index contributed by atoms with van der Waals surface area (Å²) in [6.07, 6.45) is -32.1. The Labute approximate surface area is 172 Å². The predicted molar refractivity (Wildman–Crippen MR) is 65.5 cm³/mol. The summed E-state index contributed by atoms with van der Waals surface area (Å²) in [6.45, 7) is 0. The third-order valence-electron chi connectivity index (χ3n) is 3.91. The Hall–Kier alpha value is -1.37. The molecule has 0 N–H and O–H groups in total. The van der Waals surface area contributed by atoms with Crippen molar-refractivity contribution >= 4 is 11.6 Å². The average Bonchev–Trinajstić information content (AvgIpc) is 2.62. The second-order valence-corrected chi connectivity index (χ2v) is 6.29. The highest BCUT2D eigenvalue weighted by Crippen LogP contribution is 2.64. The Kier molecular flexibility index (Phi) is 8.04. The topological polar surface area (TPSA) is 0 Å². The first-order valence-electron chi connectivity index (χ1n) is 6.99. The highest BCUT2D eigenvalue weighted by Gasteiger charge is 2.96. The van der Waals surface area contributed by atoms with Crippen LogP contribution in [0.15, 0.2) is 11.4 Å². The molecule has 0 spiro atoms. The lowest BCUT2D eigenvalue weighted by Crippen LogP contribution is -2.79. The predicted octanol–water partition coefficient (Wildman–Crippen LogP) is 7.72. The molecule has 2 unspecified atom stereocenters. The summed E-state index contributed by atoms with van der Waals surface area (Å²) in [6, 6.07) is 0. The molecule has 33 heavy (non-hydrogen) atoms. The van der Waals surface area contributed by atoms with Crippen molar-refractivity contribution in [2.24, 2.45) is 0 Å². The molecule has 0 fully saturated rings. The molecule has 0 aromatic carbocycles. The molecule has 0 nitrogen and oxygen atoms in total. The van der Waals surface area contributed by atoms with Crippen LogP contribution in [0.25, 0.3) is 0 Å². The van der Waals surface area contributed by atoms with Gasteiger partial charge in [-0.05, 0) is 0 Å². The van der Waals surface area contributed by atoms with Gasteiger partial charge in [-0.1, -0.05) is 11.6 Å². The molecule has 0 rings (SSSR count). The second-order valence-electron chi connectivity index (χ2n) is 5.88. The van der Waals surface area contributed by atoms with Crippen LogP contribution in [-0.4, -0.2) is 60.0 Å². The number of alkyl halides is 19. The van der Waals surface area contributed by atoms with Crippen LogP contribution in [0.2, 0.25) is 0 Å². The molecule has 0 aromatic heterocycles. The van der Waals surface area contributed by atoms with Gasteiger partial charge in [-0.25, -0.2) is 26.3 Å². The van der Waals surface area contributed by atoms with Crippen LogP contribution in [0.1, 0.15) is 0 Å². The zero-order chi connectivity index (χ0) is 27.4. The summed E-state index contributed by atoms with van der Waals surface area (Å²) in [5.41, 5.74) is -17.3. The van der Waals surface area contributed by atoms with Gasteiger partial charge in [0.15, 0.2) is 0 Å². The summed E-state index contributed by atoms with van der Waals surface area (Å²) < 4.78 is 261. The van der Waals surface area contributed by atoms with Crippen molar-refractivity contribution in [3.8, 4) is 0 Å². The van der Waals surface area contributed by atoms with Crippen LogP contribution >= 0.6 is 11.6 Å². The van der Waals surface area contributed by atoms with Crippen LogP contribution in [0.4, 0.5) is 87.8 Å². The fraction of sp³-hybridized carbons (Fsp3) is 0.833. The van der Waals surface area contributed by atoms with E-state index in [-0.39, 0.29) is 0 Å². The highest BCUT2D eigenvalue weighted by molar-refractivity contribution is 6.30. The molecule has 0 heterocycles. The van der Waals surface area contributed by atoms with E-state index >= 15 is 0 Å². The first-order chi connectivity index (χ1) is 14.1. The van der Waals surface area contributed by atoms with Gasteiger partial charge in [0.25, 0.3) is 6.43 Å². The Morgan fingerprint density at radius 1 is 0.606 bits per heavy atom. The van der Waals surface area contributed by atoms with Crippen molar-refractivity contribution in [3.63, 3.8) is 0 Å². The van der Waals surface area contributed by atoms with Crippen molar-refractivity contribution in [3.05, 3.63) is 11.4 Å². The summed E-state index contributed by atoms with van der Waals surface area (Å²) in [7, 11) is 0. The lowest BCUT2D eigenvalue weighted by atomic mass is 9.76. The quantitative estimate of drug-likeness (QED) is 0.266. The smallest absolute Gasteiger partial charge is 0.234 e. The lowest BCUT2D eigenvalue weighted by molar-refractivity contribution is -0.442. The number of hydrogen-bond acceptors (Lipinski definition) is 0. The molecule has 198 valence electrons. The Morgan fingerprint density at radius 2 is 0.939 bits per heavy atom. The van der Waals surface area contributed by atoms with Crippen LogP contribution < -0.4 is 0 Å². The molecular formula is C12H3ClF20. The Bertz CT molecular complexity index is 716.